The maximum atomic E-state index is 11.9. The van der Waals surface area contributed by atoms with Gasteiger partial charge in [-0.05, 0) is 38.0 Å². The summed E-state index contributed by atoms with van der Waals surface area (Å²) in [6.45, 7) is 2.45. The van der Waals surface area contributed by atoms with Gasteiger partial charge in [0, 0.05) is 32.8 Å². The van der Waals surface area contributed by atoms with E-state index in [-0.39, 0.29) is 6.10 Å². The Morgan fingerprint density at radius 3 is 2.58 bits per heavy atom. The van der Waals surface area contributed by atoms with Crippen LogP contribution in [-0.4, -0.2) is 60.4 Å². The fourth-order valence-electron chi connectivity index (χ4n) is 3.25. The van der Waals surface area contributed by atoms with Gasteiger partial charge in [-0.25, -0.2) is 0 Å². The van der Waals surface area contributed by atoms with Crippen LogP contribution in [0.5, 0.6) is 0 Å². The number of hydrogen-bond acceptors (Lipinski definition) is 4. The van der Waals surface area contributed by atoms with Gasteiger partial charge in [-0.15, -0.1) is 0 Å². The molecular weight excluding hydrogens is 244 g/mol. The number of carboxylic acid groups (broad SMARTS) is 1. The predicted octanol–water partition coefficient (Wildman–Crippen LogP) is 0.693. The quantitative estimate of drug-likeness (QED) is 0.711. The first-order valence-electron chi connectivity index (χ1n) is 7.40. The van der Waals surface area contributed by atoms with Crippen molar-refractivity contribution in [3.05, 3.63) is 0 Å². The second kappa shape index (κ2) is 5.04. The fraction of sp³-hybridized carbons (Fsp3) is 0.929. The van der Waals surface area contributed by atoms with E-state index in [1.807, 2.05) is 0 Å². The molecule has 5 nitrogen and oxygen atoms in total. The van der Waals surface area contributed by atoms with Crippen LogP contribution in [0.1, 0.15) is 32.1 Å². The first-order chi connectivity index (χ1) is 9.14. The average molecular weight is 268 g/mol. The average Bonchev–Trinajstić information content (AvgIpc) is 3.28. The van der Waals surface area contributed by atoms with Gasteiger partial charge in [0.1, 0.15) is 5.54 Å². The molecule has 0 radical (unpaired) electrons. The number of aliphatic carboxylic acids is 1. The Labute approximate surface area is 114 Å². The number of hydrogen-bond donors (Lipinski definition) is 2. The topological polar surface area (TPSA) is 61.8 Å². The molecular formula is C14H24N2O3. The lowest BCUT2D eigenvalue weighted by atomic mass is 9.92. The maximum Gasteiger partial charge on any atom is 0.325 e. The highest BCUT2D eigenvalue weighted by molar-refractivity contribution is 5.80. The second-order valence-electron chi connectivity index (χ2n) is 6.35. The lowest BCUT2D eigenvalue weighted by Crippen LogP contribution is -2.61. The van der Waals surface area contributed by atoms with Crippen molar-refractivity contribution in [2.75, 3.05) is 26.7 Å². The SMILES string of the molecule is COC1CCN(CC(NC2CC2)(C(=O)O)C2CC2)C1. The Morgan fingerprint density at radius 2 is 2.11 bits per heavy atom. The standard InChI is InChI=1S/C14H24N2O3/c1-19-12-6-7-16(8-12)9-14(13(17)18,10-2-3-10)15-11-4-5-11/h10-12,15H,2-9H2,1H3,(H,17,18). The molecule has 0 aromatic carbocycles. The third-order valence-electron chi connectivity index (χ3n) is 4.73. The van der Waals surface area contributed by atoms with E-state index in [9.17, 15) is 9.90 Å². The van der Waals surface area contributed by atoms with Crippen LogP contribution in [0.25, 0.3) is 0 Å². The molecule has 108 valence electrons. The summed E-state index contributed by atoms with van der Waals surface area (Å²) in [5.74, 6) is -0.352. The van der Waals surface area contributed by atoms with Gasteiger partial charge in [0.05, 0.1) is 6.10 Å². The number of carbonyl (C=O) groups is 1. The number of ether oxygens (including phenoxy) is 1. The first-order valence-corrected chi connectivity index (χ1v) is 7.40. The molecule has 2 atom stereocenters. The largest absolute Gasteiger partial charge is 0.480 e. The van der Waals surface area contributed by atoms with E-state index < -0.39 is 11.5 Å². The molecule has 0 aromatic rings. The summed E-state index contributed by atoms with van der Waals surface area (Å²) >= 11 is 0. The molecule has 2 aliphatic carbocycles. The highest BCUT2D eigenvalue weighted by atomic mass is 16.5. The number of carboxylic acids is 1. The number of nitrogens with one attached hydrogen (secondary N) is 1. The zero-order valence-electron chi connectivity index (χ0n) is 11.6. The van der Waals surface area contributed by atoms with E-state index in [4.69, 9.17) is 4.74 Å². The Balaban J connectivity index is 1.69. The van der Waals surface area contributed by atoms with E-state index >= 15 is 0 Å². The minimum atomic E-state index is -0.718. The summed E-state index contributed by atoms with van der Waals surface area (Å²) in [6.07, 6.45) is 5.64. The summed E-state index contributed by atoms with van der Waals surface area (Å²) in [5.41, 5.74) is -0.718. The molecule has 5 heteroatoms. The van der Waals surface area contributed by atoms with Crippen molar-refractivity contribution in [3.63, 3.8) is 0 Å². The Morgan fingerprint density at radius 1 is 1.37 bits per heavy atom. The van der Waals surface area contributed by atoms with E-state index in [0.29, 0.717) is 18.5 Å². The Bertz CT molecular complexity index is 355. The van der Waals surface area contributed by atoms with Crippen molar-refractivity contribution in [2.45, 2.75) is 49.8 Å². The Kier molecular flexibility index (Phi) is 3.53. The van der Waals surface area contributed by atoms with Gasteiger partial charge in [-0.3, -0.25) is 15.0 Å². The highest BCUT2D eigenvalue weighted by Crippen LogP contribution is 2.42. The number of likely N-dealkylation sites (tertiary alicyclic amines) is 1. The van der Waals surface area contributed by atoms with Crippen molar-refractivity contribution >= 4 is 5.97 Å². The van der Waals surface area contributed by atoms with Gasteiger partial charge in [-0.1, -0.05) is 0 Å². The Hall–Kier alpha value is -0.650. The molecule has 0 amide bonds. The van der Waals surface area contributed by atoms with Gasteiger partial charge in [-0.2, -0.15) is 0 Å². The molecule has 2 N–H and O–H groups in total. The monoisotopic (exact) mass is 268 g/mol. The summed E-state index contributed by atoms with van der Waals surface area (Å²) < 4.78 is 5.38. The van der Waals surface area contributed by atoms with Crippen LogP contribution in [0.2, 0.25) is 0 Å². The predicted molar refractivity (Wildman–Crippen MR) is 71.1 cm³/mol. The molecule has 1 saturated heterocycles. The normalized spacial score (nSPS) is 31.3. The highest BCUT2D eigenvalue weighted by Gasteiger charge is 2.54. The van der Waals surface area contributed by atoms with Gasteiger partial charge < -0.3 is 9.84 Å². The minimum absolute atomic E-state index is 0.270. The number of methoxy groups -OCH3 is 1. The lowest BCUT2D eigenvalue weighted by molar-refractivity contribution is -0.147. The molecule has 3 aliphatic rings. The van der Waals surface area contributed by atoms with Crippen LogP contribution >= 0.6 is 0 Å². The smallest absolute Gasteiger partial charge is 0.325 e. The molecule has 2 unspecified atom stereocenters. The van der Waals surface area contributed by atoms with Crippen LogP contribution in [0.15, 0.2) is 0 Å². The van der Waals surface area contributed by atoms with E-state index in [1.165, 1.54) is 0 Å². The molecule has 0 aromatic heterocycles. The maximum absolute atomic E-state index is 11.9. The van der Waals surface area contributed by atoms with Gasteiger partial charge in [0.15, 0.2) is 0 Å². The molecule has 1 aliphatic heterocycles. The third kappa shape index (κ3) is 2.78. The summed E-state index contributed by atoms with van der Waals surface area (Å²) in [7, 11) is 1.74. The molecule has 19 heavy (non-hydrogen) atoms. The molecule has 0 spiro atoms. The van der Waals surface area contributed by atoms with Gasteiger partial charge in [0.2, 0.25) is 0 Å². The van der Waals surface area contributed by atoms with E-state index in [1.54, 1.807) is 7.11 Å². The summed E-state index contributed by atoms with van der Waals surface area (Å²) in [5, 5.41) is 13.2. The van der Waals surface area contributed by atoms with Crippen molar-refractivity contribution in [1.82, 2.24) is 10.2 Å². The van der Waals surface area contributed by atoms with Crippen LogP contribution in [-0.2, 0) is 9.53 Å². The zero-order chi connectivity index (χ0) is 13.5. The fourth-order valence-corrected chi connectivity index (χ4v) is 3.25. The van der Waals surface area contributed by atoms with Crippen molar-refractivity contribution in [3.8, 4) is 0 Å². The van der Waals surface area contributed by atoms with Crippen LogP contribution < -0.4 is 5.32 Å². The minimum Gasteiger partial charge on any atom is -0.480 e. The molecule has 3 rings (SSSR count). The number of nitrogens with zero attached hydrogens (tertiary/aromatic N) is 1. The van der Waals surface area contributed by atoms with Crippen molar-refractivity contribution < 1.29 is 14.6 Å². The lowest BCUT2D eigenvalue weighted by Gasteiger charge is -2.35. The van der Waals surface area contributed by atoms with E-state index in [2.05, 4.69) is 10.2 Å². The zero-order valence-corrected chi connectivity index (χ0v) is 11.6. The molecule has 0 bridgehead atoms. The van der Waals surface area contributed by atoms with Crippen molar-refractivity contribution in [1.29, 1.82) is 0 Å². The van der Waals surface area contributed by atoms with Crippen LogP contribution in [0.3, 0.4) is 0 Å². The summed E-state index contributed by atoms with van der Waals surface area (Å²) in [4.78, 5) is 14.1. The van der Waals surface area contributed by atoms with Crippen LogP contribution in [0.4, 0.5) is 0 Å². The summed E-state index contributed by atoms with van der Waals surface area (Å²) in [6, 6.07) is 0.428. The second-order valence-corrected chi connectivity index (χ2v) is 6.35. The van der Waals surface area contributed by atoms with Gasteiger partial charge >= 0.3 is 5.97 Å². The first kappa shape index (κ1) is 13.3. The molecule has 3 fully saturated rings. The molecule has 2 saturated carbocycles. The third-order valence-corrected chi connectivity index (χ3v) is 4.73. The number of rotatable bonds is 7. The van der Waals surface area contributed by atoms with Crippen molar-refractivity contribution in [2.24, 2.45) is 5.92 Å². The molecule has 1 heterocycles. The van der Waals surface area contributed by atoms with Gasteiger partial charge in [0.25, 0.3) is 0 Å². The van der Waals surface area contributed by atoms with E-state index in [0.717, 1.165) is 45.2 Å². The van der Waals surface area contributed by atoms with Crippen LogP contribution in [0, 0.1) is 5.92 Å².